The SMILES string of the molecule is C[C@@H]1CC[C@@H](C(C)(C)c2ccccc2)[C@H](C)C1. The van der Waals surface area contributed by atoms with Crippen molar-refractivity contribution >= 4 is 0 Å². The first-order valence-electron chi connectivity index (χ1n) is 7.07. The van der Waals surface area contributed by atoms with E-state index in [0.717, 1.165) is 17.8 Å². The summed E-state index contributed by atoms with van der Waals surface area (Å²) in [7, 11) is 0. The Hall–Kier alpha value is -0.780. The van der Waals surface area contributed by atoms with E-state index in [2.05, 4.69) is 58.0 Å². The summed E-state index contributed by atoms with van der Waals surface area (Å²) in [6.07, 6.45) is 4.20. The summed E-state index contributed by atoms with van der Waals surface area (Å²) in [5.74, 6) is 2.61. The third-order valence-corrected chi connectivity index (χ3v) is 4.88. The van der Waals surface area contributed by atoms with Crippen LogP contribution in [0.5, 0.6) is 0 Å². The van der Waals surface area contributed by atoms with Gasteiger partial charge in [0.1, 0.15) is 0 Å². The summed E-state index contributed by atoms with van der Waals surface area (Å²) in [6.45, 7) is 9.71. The minimum Gasteiger partial charge on any atom is -0.0625 e. The molecule has 1 fully saturated rings. The highest BCUT2D eigenvalue weighted by Crippen LogP contribution is 2.45. The van der Waals surface area contributed by atoms with Crippen LogP contribution in [0.15, 0.2) is 30.3 Å². The van der Waals surface area contributed by atoms with Gasteiger partial charge in [0.05, 0.1) is 0 Å². The van der Waals surface area contributed by atoms with Crippen molar-refractivity contribution in [1.29, 1.82) is 0 Å². The van der Waals surface area contributed by atoms with Crippen molar-refractivity contribution in [3.63, 3.8) is 0 Å². The van der Waals surface area contributed by atoms with Gasteiger partial charge in [-0.2, -0.15) is 0 Å². The van der Waals surface area contributed by atoms with Crippen LogP contribution in [0.25, 0.3) is 0 Å². The molecule has 0 aromatic heterocycles. The first kappa shape index (κ1) is 12.7. The van der Waals surface area contributed by atoms with Gasteiger partial charge in [0.2, 0.25) is 0 Å². The molecule has 17 heavy (non-hydrogen) atoms. The second kappa shape index (κ2) is 4.84. The molecule has 1 saturated carbocycles. The molecule has 0 heteroatoms. The largest absolute Gasteiger partial charge is 0.0625 e. The fraction of sp³-hybridized carbons (Fsp3) is 0.647. The summed E-state index contributed by atoms with van der Waals surface area (Å²) in [5.41, 5.74) is 1.83. The lowest BCUT2D eigenvalue weighted by Crippen LogP contribution is -2.36. The molecule has 1 aromatic carbocycles. The molecule has 0 amide bonds. The molecule has 0 saturated heterocycles. The molecule has 0 heterocycles. The van der Waals surface area contributed by atoms with Gasteiger partial charge in [-0.25, -0.2) is 0 Å². The van der Waals surface area contributed by atoms with Crippen molar-refractivity contribution in [3.05, 3.63) is 35.9 Å². The Kier molecular flexibility index (Phi) is 3.61. The summed E-state index contributed by atoms with van der Waals surface area (Å²) < 4.78 is 0. The summed E-state index contributed by atoms with van der Waals surface area (Å²) in [4.78, 5) is 0. The highest BCUT2D eigenvalue weighted by atomic mass is 14.4. The first-order chi connectivity index (χ1) is 8.01. The second-order valence-electron chi connectivity index (χ2n) is 6.59. The summed E-state index contributed by atoms with van der Waals surface area (Å²) in [5, 5.41) is 0. The van der Waals surface area contributed by atoms with Crippen molar-refractivity contribution in [2.75, 3.05) is 0 Å². The topological polar surface area (TPSA) is 0 Å². The molecule has 94 valence electrons. The highest BCUT2D eigenvalue weighted by Gasteiger charge is 2.37. The molecule has 0 bridgehead atoms. The number of hydrogen-bond donors (Lipinski definition) is 0. The van der Waals surface area contributed by atoms with E-state index in [9.17, 15) is 0 Å². The van der Waals surface area contributed by atoms with Gasteiger partial charge in [-0.1, -0.05) is 64.4 Å². The summed E-state index contributed by atoms with van der Waals surface area (Å²) in [6, 6.07) is 11.1. The predicted molar refractivity (Wildman–Crippen MR) is 75.1 cm³/mol. The molecule has 1 aliphatic carbocycles. The molecule has 1 aromatic rings. The highest BCUT2D eigenvalue weighted by molar-refractivity contribution is 5.25. The van der Waals surface area contributed by atoms with E-state index in [0.29, 0.717) is 5.41 Å². The van der Waals surface area contributed by atoms with E-state index in [1.54, 1.807) is 0 Å². The molecule has 1 aliphatic rings. The van der Waals surface area contributed by atoms with Crippen LogP contribution in [-0.2, 0) is 5.41 Å². The Morgan fingerprint density at radius 2 is 1.65 bits per heavy atom. The van der Waals surface area contributed by atoms with Crippen LogP contribution >= 0.6 is 0 Å². The average molecular weight is 230 g/mol. The van der Waals surface area contributed by atoms with Gasteiger partial charge in [0, 0.05) is 0 Å². The third kappa shape index (κ3) is 2.56. The normalized spacial score (nSPS) is 30.2. The van der Waals surface area contributed by atoms with E-state index in [1.807, 2.05) is 0 Å². The lowest BCUT2D eigenvalue weighted by molar-refractivity contribution is 0.133. The number of rotatable bonds is 2. The van der Waals surface area contributed by atoms with Crippen LogP contribution in [0.3, 0.4) is 0 Å². The van der Waals surface area contributed by atoms with Crippen molar-refractivity contribution in [2.45, 2.75) is 52.4 Å². The van der Waals surface area contributed by atoms with Crippen LogP contribution in [-0.4, -0.2) is 0 Å². The maximum atomic E-state index is 2.45. The Balaban J connectivity index is 2.21. The quantitative estimate of drug-likeness (QED) is 0.668. The van der Waals surface area contributed by atoms with Gasteiger partial charge in [0.25, 0.3) is 0 Å². The van der Waals surface area contributed by atoms with Crippen LogP contribution in [0.4, 0.5) is 0 Å². The average Bonchev–Trinajstić information content (AvgIpc) is 2.29. The van der Waals surface area contributed by atoms with Gasteiger partial charge in [-0.3, -0.25) is 0 Å². The second-order valence-corrected chi connectivity index (χ2v) is 6.59. The summed E-state index contributed by atoms with van der Waals surface area (Å²) >= 11 is 0. The Bertz CT molecular complexity index is 350. The first-order valence-corrected chi connectivity index (χ1v) is 7.07. The molecular weight excluding hydrogens is 204 g/mol. The number of hydrogen-bond acceptors (Lipinski definition) is 0. The predicted octanol–water partition coefficient (Wildman–Crippen LogP) is 5.04. The minimum absolute atomic E-state index is 0.320. The Morgan fingerprint density at radius 3 is 2.24 bits per heavy atom. The zero-order valence-electron chi connectivity index (χ0n) is 11.7. The molecule has 0 unspecified atom stereocenters. The fourth-order valence-electron chi connectivity index (χ4n) is 3.82. The fourth-order valence-corrected chi connectivity index (χ4v) is 3.82. The van der Waals surface area contributed by atoms with Crippen molar-refractivity contribution in [3.8, 4) is 0 Å². The molecule has 0 N–H and O–H groups in total. The standard InChI is InChI=1S/C17H26/c1-13-10-11-16(14(2)12-13)17(3,4)15-8-6-5-7-9-15/h5-9,13-14,16H,10-12H2,1-4H3/t13-,14-,16-/m1/s1. The van der Waals surface area contributed by atoms with Crippen molar-refractivity contribution in [2.24, 2.45) is 17.8 Å². The maximum Gasteiger partial charge on any atom is -0.00728 e. The van der Waals surface area contributed by atoms with Gasteiger partial charge in [0.15, 0.2) is 0 Å². The van der Waals surface area contributed by atoms with Gasteiger partial charge in [-0.15, -0.1) is 0 Å². The monoisotopic (exact) mass is 230 g/mol. The lowest BCUT2D eigenvalue weighted by atomic mass is 9.62. The van der Waals surface area contributed by atoms with Crippen LogP contribution in [0.2, 0.25) is 0 Å². The van der Waals surface area contributed by atoms with E-state index in [4.69, 9.17) is 0 Å². The molecule has 2 rings (SSSR count). The van der Waals surface area contributed by atoms with Crippen LogP contribution in [0, 0.1) is 17.8 Å². The molecule has 3 atom stereocenters. The van der Waals surface area contributed by atoms with Gasteiger partial charge >= 0.3 is 0 Å². The zero-order chi connectivity index (χ0) is 12.5. The number of benzene rings is 1. The van der Waals surface area contributed by atoms with E-state index in [-0.39, 0.29) is 0 Å². The molecule has 0 nitrogen and oxygen atoms in total. The van der Waals surface area contributed by atoms with Crippen LogP contribution in [0.1, 0.15) is 52.5 Å². The van der Waals surface area contributed by atoms with Gasteiger partial charge in [-0.05, 0) is 41.6 Å². The smallest absolute Gasteiger partial charge is 0.00728 e. The minimum atomic E-state index is 0.320. The molecule has 0 aliphatic heterocycles. The maximum absolute atomic E-state index is 2.45. The van der Waals surface area contributed by atoms with E-state index >= 15 is 0 Å². The lowest BCUT2D eigenvalue weighted by Gasteiger charge is -2.43. The molecular formula is C17H26. The van der Waals surface area contributed by atoms with Crippen molar-refractivity contribution < 1.29 is 0 Å². The van der Waals surface area contributed by atoms with Crippen molar-refractivity contribution in [1.82, 2.24) is 0 Å². The third-order valence-electron chi connectivity index (χ3n) is 4.88. The van der Waals surface area contributed by atoms with Crippen LogP contribution < -0.4 is 0 Å². The van der Waals surface area contributed by atoms with E-state index < -0.39 is 0 Å². The molecule has 0 spiro atoms. The Morgan fingerprint density at radius 1 is 1.00 bits per heavy atom. The molecule has 0 radical (unpaired) electrons. The van der Waals surface area contributed by atoms with Gasteiger partial charge < -0.3 is 0 Å². The van der Waals surface area contributed by atoms with E-state index in [1.165, 1.54) is 24.8 Å². The zero-order valence-corrected chi connectivity index (χ0v) is 11.7. The Labute approximate surface area is 106 Å².